The molecule has 0 heterocycles. The van der Waals surface area contributed by atoms with Gasteiger partial charge in [-0.1, -0.05) is 40.2 Å². The SMILES string of the molecule is CC(C)c1cc2c(cc1O)[C@@]1(C(=O)[O-])CCCC(C)(C)[C@@H]1CC2. The molecule has 0 bridgehead atoms. The second-order valence-electron chi connectivity index (χ2n) is 8.42. The molecule has 0 amide bonds. The van der Waals surface area contributed by atoms with Crippen LogP contribution in [-0.4, -0.2) is 11.1 Å². The Hall–Kier alpha value is -1.51. The third-order valence-corrected chi connectivity index (χ3v) is 6.35. The Kier molecular flexibility index (Phi) is 3.74. The van der Waals surface area contributed by atoms with Gasteiger partial charge in [-0.3, -0.25) is 0 Å². The van der Waals surface area contributed by atoms with Crippen molar-refractivity contribution in [3.8, 4) is 5.75 Å². The number of carboxylic acid groups (broad SMARTS) is 1. The Labute approximate surface area is 138 Å². The lowest BCUT2D eigenvalue weighted by Gasteiger charge is -2.56. The van der Waals surface area contributed by atoms with Crippen LogP contribution >= 0.6 is 0 Å². The third kappa shape index (κ3) is 2.28. The molecule has 0 saturated heterocycles. The van der Waals surface area contributed by atoms with Crippen LogP contribution in [0.25, 0.3) is 0 Å². The van der Waals surface area contributed by atoms with Gasteiger partial charge in [0.15, 0.2) is 0 Å². The van der Waals surface area contributed by atoms with Crippen LogP contribution < -0.4 is 5.11 Å². The van der Waals surface area contributed by atoms with Crippen molar-refractivity contribution in [2.24, 2.45) is 11.3 Å². The molecular formula is C20H27O3-. The number of phenols is 1. The van der Waals surface area contributed by atoms with Crippen LogP contribution in [0.2, 0.25) is 0 Å². The summed E-state index contributed by atoms with van der Waals surface area (Å²) in [6.45, 7) is 8.46. The van der Waals surface area contributed by atoms with E-state index >= 15 is 0 Å². The molecule has 2 aliphatic carbocycles. The maximum atomic E-state index is 12.3. The minimum absolute atomic E-state index is 0.0116. The van der Waals surface area contributed by atoms with Crippen molar-refractivity contribution >= 4 is 5.97 Å². The van der Waals surface area contributed by atoms with E-state index in [1.54, 1.807) is 6.07 Å². The summed E-state index contributed by atoms with van der Waals surface area (Å²) in [5, 5.41) is 22.7. The van der Waals surface area contributed by atoms with Crippen molar-refractivity contribution in [3.63, 3.8) is 0 Å². The average molecular weight is 315 g/mol. The molecule has 126 valence electrons. The molecule has 23 heavy (non-hydrogen) atoms. The highest BCUT2D eigenvalue weighted by Crippen LogP contribution is 2.57. The first kappa shape index (κ1) is 16.4. The summed E-state index contributed by atoms with van der Waals surface area (Å²) in [4.78, 5) is 12.3. The lowest BCUT2D eigenvalue weighted by Crippen LogP contribution is -2.58. The molecular weight excluding hydrogens is 288 g/mol. The first-order valence-electron chi connectivity index (χ1n) is 8.78. The molecule has 3 heteroatoms. The maximum Gasteiger partial charge on any atom is 0.119 e. The number of rotatable bonds is 2. The fourth-order valence-electron chi connectivity index (χ4n) is 5.19. The van der Waals surface area contributed by atoms with Gasteiger partial charge < -0.3 is 15.0 Å². The highest BCUT2D eigenvalue weighted by atomic mass is 16.4. The van der Waals surface area contributed by atoms with Crippen molar-refractivity contribution in [2.75, 3.05) is 0 Å². The van der Waals surface area contributed by atoms with Crippen molar-refractivity contribution in [3.05, 3.63) is 28.8 Å². The Balaban J connectivity index is 2.23. The largest absolute Gasteiger partial charge is 0.549 e. The normalized spacial score (nSPS) is 29.0. The summed E-state index contributed by atoms with van der Waals surface area (Å²) in [6.07, 6.45) is 4.34. The number of aromatic hydroxyl groups is 1. The van der Waals surface area contributed by atoms with Crippen LogP contribution in [0.4, 0.5) is 0 Å². The van der Waals surface area contributed by atoms with Gasteiger partial charge in [-0.05, 0) is 65.7 Å². The molecule has 0 unspecified atom stereocenters. The van der Waals surface area contributed by atoms with Gasteiger partial charge >= 0.3 is 0 Å². The molecule has 0 aliphatic heterocycles. The lowest BCUT2D eigenvalue weighted by atomic mass is 9.49. The molecule has 3 rings (SSSR count). The number of hydrogen-bond acceptors (Lipinski definition) is 3. The van der Waals surface area contributed by atoms with E-state index in [4.69, 9.17) is 0 Å². The van der Waals surface area contributed by atoms with Crippen LogP contribution in [0.1, 0.15) is 76.0 Å². The Morgan fingerprint density at radius 2 is 2.00 bits per heavy atom. The van der Waals surface area contributed by atoms with E-state index in [1.165, 1.54) is 0 Å². The fourth-order valence-corrected chi connectivity index (χ4v) is 5.19. The van der Waals surface area contributed by atoms with Crippen LogP contribution in [0, 0.1) is 11.3 Å². The number of phenolic OH excluding ortho intramolecular Hbond substituents is 1. The van der Waals surface area contributed by atoms with E-state index in [0.717, 1.165) is 42.4 Å². The molecule has 0 radical (unpaired) electrons. The third-order valence-electron chi connectivity index (χ3n) is 6.35. The van der Waals surface area contributed by atoms with Gasteiger partial charge in [0.25, 0.3) is 0 Å². The van der Waals surface area contributed by atoms with Gasteiger partial charge in [0.2, 0.25) is 0 Å². The molecule has 0 spiro atoms. The van der Waals surface area contributed by atoms with E-state index < -0.39 is 11.4 Å². The predicted molar refractivity (Wildman–Crippen MR) is 88.3 cm³/mol. The second kappa shape index (κ2) is 5.25. The van der Waals surface area contributed by atoms with Gasteiger partial charge in [0.05, 0.1) is 5.97 Å². The number of hydrogen-bond donors (Lipinski definition) is 1. The molecule has 1 fully saturated rings. The summed E-state index contributed by atoms with van der Waals surface area (Å²) in [7, 11) is 0. The van der Waals surface area contributed by atoms with Crippen molar-refractivity contribution in [1.29, 1.82) is 0 Å². The topological polar surface area (TPSA) is 60.4 Å². The minimum atomic E-state index is -0.965. The van der Waals surface area contributed by atoms with E-state index in [-0.39, 0.29) is 23.0 Å². The molecule has 1 aromatic rings. The zero-order valence-corrected chi connectivity index (χ0v) is 14.6. The predicted octanol–water partition coefficient (Wildman–Crippen LogP) is 3.28. The number of benzene rings is 1. The van der Waals surface area contributed by atoms with Crippen LogP contribution in [-0.2, 0) is 16.6 Å². The first-order chi connectivity index (χ1) is 10.7. The standard InChI is InChI=1S/C20H28O3/c1-12(2)14-10-13-6-7-17-19(3,4)8-5-9-20(17,18(22)23)15(13)11-16(14)21/h10-12,17,21H,5-9H2,1-4H3,(H,22,23)/p-1/t17-,20-/m0/s1. The number of carbonyl (C=O) groups excluding carboxylic acids is 1. The summed E-state index contributed by atoms with van der Waals surface area (Å²) in [5.41, 5.74) is 1.85. The van der Waals surface area contributed by atoms with Crippen LogP contribution in [0.15, 0.2) is 12.1 Å². The van der Waals surface area contributed by atoms with Gasteiger partial charge in [-0.15, -0.1) is 0 Å². The maximum absolute atomic E-state index is 12.3. The Morgan fingerprint density at radius 1 is 1.30 bits per heavy atom. The van der Waals surface area contributed by atoms with Crippen molar-refractivity contribution in [1.82, 2.24) is 0 Å². The number of carbonyl (C=O) groups is 1. The number of fused-ring (bicyclic) bond motifs is 3. The highest BCUT2D eigenvalue weighted by Gasteiger charge is 2.53. The zero-order chi connectivity index (χ0) is 17.0. The van der Waals surface area contributed by atoms with Crippen molar-refractivity contribution < 1.29 is 15.0 Å². The first-order valence-corrected chi connectivity index (χ1v) is 8.78. The van der Waals surface area contributed by atoms with E-state index in [2.05, 4.69) is 13.8 Å². The summed E-state index contributed by atoms with van der Waals surface area (Å²) >= 11 is 0. The number of aliphatic carboxylic acids is 1. The fraction of sp³-hybridized carbons (Fsp3) is 0.650. The summed E-state index contributed by atoms with van der Waals surface area (Å²) < 4.78 is 0. The smallest absolute Gasteiger partial charge is 0.119 e. The van der Waals surface area contributed by atoms with Crippen molar-refractivity contribution in [2.45, 2.75) is 71.1 Å². The average Bonchev–Trinajstić information content (AvgIpc) is 2.45. The summed E-state index contributed by atoms with van der Waals surface area (Å²) in [6, 6.07) is 3.76. The summed E-state index contributed by atoms with van der Waals surface area (Å²) in [5.74, 6) is -0.443. The molecule has 3 nitrogen and oxygen atoms in total. The molecule has 2 atom stereocenters. The molecule has 2 aliphatic rings. The lowest BCUT2D eigenvalue weighted by molar-refractivity contribution is -0.319. The molecule has 0 aromatic heterocycles. The van der Waals surface area contributed by atoms with E-state index in [0.29, 0.717) is 6.42 Å². The van der Waals surface area contributed by atoms with Gasteiger partial charge in [0, 0.05) is 5.41 Å². The number of carboxylic acids is 1. The minimum Gasteiger partial charge on any atom is -0.549 e. The van der Waals surface area contributed by atoms with Crippen LogP contribution in [0.3, 0.4) is 0 Å². The van der Waals surface area contributed by atoms with Gasteiger partial charge in [-0.25, -0.2) is 0 Å². The quantitative estimate of drug-likeness (QED) is 0.911. The van der Waals surface area contributed by atoms with E-state index in [1.807, 2.05) is 19.9 Å². The monoisotopic (exact) mass is 315 g/mol. The highest BCUT2D eigenvalue weighted by molar-refractivity contribution is 5.82. The second-order valence-corrected chi connectivity index (χ2v) is 8.42. The van der Waals surface area contributed by atoms with E-state index in [9.17, 15) is 15.0 Å². The van der Waals surface area contributed by atoms with Crippen LogP contribution in [0.5, 0.6) is 5.75 Å². The molecule has 1 saturated carbocycles. The zero-order valence-electron chi connectivity index (χ0n) is 14.6. The number of aryl methyl sites for hydroxylation is 1. The molecule has 1 aromatic carbocycles. The van der Waals surface area contributed by atoms with Gasteiger partial charge in [-0.2, -0.15) is 0 Å². The van der Waals surface area contributed by atoms with Gasteiger partial charge in [0.1, 0.15) is 5.75 Å². The Morgan fingerprint density at radius 3 is 2.61 bits per heavy atom. The Bertz CT molecular complexity index is 645. The molecule has 1 N–H and O–H groups in total.